The van der Waals surface area contributed by atoms with Crippen molar-refractivity contribution in [2.75, 3.05) is 16.9 Å². The van der Waals surface area contributed by atoms with Crippen LogP contribution in [0.15, 0.2) is 29.3 Å². The average Bonchev–Trinajstić information content (AvgIpc) is 3.31. The van der Waals surface area contributed by atoms with E-state index in [1.54, 1.807) is 12.1 Å². The molecule has 3 aromatic rings. The molecule has 0 saturated carbocycles. The van der Waals surface area contributed by atoms with Gasteiger partial charge in [0.25, 0.3) is 0 Å². The molecule has 198 valence electrons. The van der Waals surface area contributed by atoms with Crippen molar-refractivity contribution >= 4 is 44.3 Å². The zero-order valence-corrected chi connectivity index (χ0v) is 22.5. The fourth-order valence-electron chi connectivity index (χ4n) is 5.19. The van der Waals surface area contributed by atoms with Gasteiger partial charge in [-0.3, -0.25) is 10.1 Å². The fraction of sp³-hybridized carbons (Fsp3) is 0.520. The van der Waals surface area contributed by atoms with Gasteiger partial charge in [0.1, 0.15) is 17.2 Å². The first-order chi connectivity index (χ1) is 17.4. The molecule has 0 unspecified atom stereocenters. The molecule has 3 aromatic heterocycles. The van der Waals surface area contributed by atoms with Crippen LogP contribution in [0.1, 0.15) is 52.1 Å². The lowest BCUT2D eigenvalue weighted by atomic mass is 9.97. The number of piperidine rings is 1. The molecule has 2 bridgehead atoms. The Morgan fingerprint density at radius 1 is 1.14 bits per heavy atom. The summed E-state index contributed by atoms with van der Waals surface area (Å²) >= 11 is 0. The van der Waals surface area contributed by atoms with Crippen molar-refractivity contribution in [2.45, 2.75) is 82.0 Å². The van der Waals surface area contributed by atoms with Gasteiger partial charge in [-0.15, -0.1) is 0 Å². The molecule has 37 heavy (non-hydrogen) atoms. The normalized spacial score (nSPS) is 21.8. The number of H-pyrrole nitrogens is 1. The van der Waals surface area contributed by atoms with Gasteiger partial charge in [-0.05, 0) is 59.4 Å². The van der Waals surface area contributed by atoms with Gasteiger partial charge in [0.15, 0.2) is 15.7 Å². The molecule has 2 fully saturated rings. The minimum Gasteiger partial charge on any atom is -0.444 e. The van der Waals surface area contributed by atoms with Crippen LogP contribution in [0.5, 0.6) is 0 Å². The van der Waals surface area contributed by atoms with E-state index in [0.29, 0.717) is 28.4 Å². The molecule has 3 N–H and O–H groups in total. The summed E-state index contributed by atoms with van der Waals surface area (Å²) in [6.07, 6.45) is 5.61. The summed E-state index contributed by atoms with van der Waals surface area (Å²) in [5, 5.41) is 14.5. The molecule has 0 aliphatic carbocycles. The number of hydrogen-bond donors (Lipinski definition) is 3. The quantitative estimate of drug-likeness (QED) is 0.446. The van der Waals surface area contributed by atoms with E-state index in [-0.39, 0.29) is 29.1 Å². The van der Waals surface area contributed by atoms with Crippen LogP contribution in [0.25, 0.3) is 10.9 Å². The summed E-state index contributed by atoms with van der Waals surface area (Å²) in [4.78, 5) is 24.1. The number of aromatic amines is 1. The number of fused-ring (bicyclic) bond motifs is 3. The van der Waals surface area contributed by atoms with Crippen LogP contribution in [0, 0.1) is 6.92 Å². The van der Waals surface area contributed by atoms with Crippen molar-refractivity contribution in [1.82, 2.24) is 25.1 Å². The van der Waals surface area contributed by atoms with E-state index in [1.165, 1.54) is 6.20 Å². The van der Waals surface area contributed by atoms with Crippen LogP contribution in [-0.4, -0.2) is 69.6 Å². The number of pyridine rings is 2. The van der Waals surface area contributed by atoms with Gasteiger partial charge in [-0.2, -0.15) is 5.10 Å². The number of aryl methyl sites for hydroxylation is 1. The Balaban J connectivity index is 1.44. The molecule has 5 rings (SSSR count). The van der Waals surface area contributed by atoms with Crippen molar-refractivity contribution in [3.8, 4) is 0 Å². The lowest BCUT2D eigenvalue weighted by Gasteiger charge is -2.39. The van der Waals surface area contributed by atoms with Crippen molar-refractivity contribution < 1.29 is 17.9 Å². The third kappa shape index (κ3) is 5.48. The van der Waals surface area contributed by atoms with Crippen LogP contribution in [0.2, 0.25) is 0 Å². The van der Waals surface area contributed by atoms with Crippen LogP contribution in [0.4, 0.5) is 22.2 Å². The Morgan fingerprint density at radius 2 is 1.84 bits per heavy atom. The Labute approximate surface area is 216 Å². The number of sulfone groups is 1. The second kappa shape index (κ2) is 9.16. The highest BCUT2D eigenvalue weighted by atomic mass is 32.2. The standard InChI is InChI=1S/C25H33N7O4S/c1-14-8-22(31-30-14)28-21-12-20-19(11-18(13-26-20)37(5,34)35)23(29-21)27-15-9-16-6-7-17(10-15)32(16)24(33)36-25(2,3)4/h8,11-13,15-17H,6-7,9-10H2,1-5H3,(H3,27,28,29,30,31)/t15-,16+,17-. The molecular formula is C25H33N7O4S. The van der Waals surface area contributed by atoms with Crippen LogP contribution in [0.3, 0.4) is 0 Å². The first-order valence-corrected chi connectivity index (χ1v) is 14.3. The van der Waals surface area contributed by atoms with Gasteiger partial charge in [0, 0.05) is 53.8 Å². The van der Waals surface area contributed by atoms with Crippen molar-refractivity contribution in [1.29, 1.82) is 0 Å². The highest BCUT2D eigenvalue weighted by molar-refractivity contribution is 7.90. The number of nitrogens with one attached hydrogen (secondary N) is 3. The largest absolute Gasteiger partial charge is 0.444 e. The Kier molecular flexibility index (Phi) is 6.25. The molecule has 3 atom stereocenters. The topological polar surface area (TPSA) is 142 Å². The minimum atomic E-state index is -3.45. The number of ether oxygens (including phenoxy) is 1. The molecule has 0 aromatic carbocycles. The summed E-state index contributed by atoms with van der Waals surface area (Å²) in [5.41, 5.74) is 0.970. The third-order valence-electron chi connectivity index (χ3n) is 6.72. The number of aromatic nitrogens is 4. The van der Waals surface area contributed by atoms with Crippen molar-refractivity contribution in [3.63, 3.8) is 0 Å². The summed E-state index contributed by atoms with van der Waals surface area (Å²) in [7, 11) is -3.45. The second-order valence-corrected chi connectivity index (χ2v) is 13.0. The number of hydrogen-bond acceptors (Lipinski definition) is 9. The van der Waals surface area contributed by atoms with Crippen LogP contribution in [-0.2, 0) is 14.6 Å². The van der Waals surface area contributed by atoms with Gasteiger partial charge in [0.05, 0.1) is 10.4 Å². The highest BCUT2D eigenvalue weighted by Gasteiger charge is 2.45. The maximum Gasteiger partial charge on any atom is 0.410 e. The number of nitrogens with zero attached hydrogens (tertiary/aromatic N) is 4. The van der Waals surface area contributed by atoms with E-state index < -0.39 is 15.4 Å². The molecule has 12 heteroatoms. The van der Waals surface area contributed by atoms with Crippen molar-refractivity contribution in [3.05, 3.63) is 30.1 Å². The van der Waals surface area contributed by atoms with Gasteiger partial charge < -0.3 is 20.3 Å². The van der Waals surface area contributed by atoms with Crippen molar-refractivity contribution in [2.24, 2.45) is 0 Å². The number of carbonyl (C=O) groups excluding carboxylic acids is 1. The molecule has 2 aliphatic rings. The first kappa shape index (κ1) is 25.2. The van der Waals surface area contributed by atoms with E-state index in [1.807, 2.05) is 38.7 Å². The molecule has 5 heterocycles. The summed E-state index contributed by atoms with van der Waals surface area (Å²) < 4.78 is 30.1. The zero-order valence-electron chi connectivity index (χ0n) is 21.7. The van der Waals surface area contributed by atoms with Crippen LogP contribution < -0.4 is 10.6 Å². The minimum absolute atomic E-state index is 0.0525. The van der Waals surface area contributed by atoms with E-state index in [4.69, 9.17) is 9.72 Å². The molecule has 0 radical (unpaired) electrons. The first-order valence-electron chi connectivity index (χ1n) is 12.4. The zero-order chi connectivity index (χ0) is 26.5. The van der Waals surface area contributed by atoms with Gasteiger partial charge >= 0.3 is 6.09 Å². The summed E-state index contributed by atoms with van der Waals surface area (Å²) in [6, 6.07) is 5.46. The number of amides is 1. The number of rotatable bonds is 5. The third-order valence-corrected chi connectivity index (χ3v) is 7.80. The highest BCUT2D eigenvalue weighted by Crippen LogP contribution is 2.38. The van der Waals surface area contributed by atoms with E-state index in [9.17, 15) is 13.2 Å². The number of carbonyl (C=O) groups is 1. The molecule has 0 spiro atoms. The Bertz CT molecular complexity index is 1430. The smallest absolute Gasteiger partial charge is 0.410 e. The SMILES string of the molecule is Cc1cc(Nc2cc3ncc(S(C)(=O)=O)cc3c(N[C@H]3C[C@H]4CC[C@@H](C3)N4C(=O)OC(C)(C)C)n2)n[nH]1. The number of anilines is 3. The van der Waals surface area contributed by atoms with Gasteiger partial charge in [-0.1, -0.05) is 0 Å². The van der Waals surface area contributed by atoms with Crippen LogP contribution >= 0.6 is 0 Å². The predicted molar refractivity (Wildman–Crippen MR) is 141 cm³/mol. The molecule has 2 saturated heterocycles. The summed E-state index contributed by atoms with van der Waals surface area (Å²) in [5.74, 6) is 1.70. The average molecular weight is 528 g/mol. The predicted octanol–water partition coefficient (Wildman–Crippen LogP) is 4.15. The second-order valence-electron chi connectivity index (χ2n) is 11.0. The summed E-state index contributed by atoms with van der Waals surface area (Å²) in [6.45, 7) is 7.54. The maximum absolute atomic E-state index is 12.9. The lowest BCUT2D eigenvalue weighted by molar-refractivity contribution is 0.00683. The lowest BCUT2D eigenvalue weighted by Crippen LogP contribution is -2.51. The van der Waals surface area contributed by atoms with E-state index in [0.717, 1.165) is 37.6 Å². The fourth-order valence-corrected chi connectivity index (χ4v) is 5.77. The Hall–Kier alpha value is -3.41. The maximum atomic E-state index is 12.9. The Morgan fingerprint density at radius 3 is 2.43 bits per heavy atom. The molecule has 2 aliphatic heterocycles. The molecule has 1 amide bonds. The molecular weight excluding hydrogens is 494 g/mol. The van der Waals surface area contributed by atoms with E-state index >= 15 is 0 Å². The van der Waals surface area contributed by atoms with Gasteiger partial charge in [0.2, 0.25) is 0 Å². The monoisotopic (exact) mass is 527 g/mol. The molecule has 11 nitrogen and oxygen atoms in total. The van der Waals surface area contributed by atoms with Gasteiger partial charge in [-0.25, -0.2) is 18.2 Å². The van der Waals surface area contributed by atoms with E-state index in [2.05, 4.69) is 25.8 Å².